The van der Waals surface area contributed by atoms with E-state index >= 15 is 0 Å². The number of piperazine rings is 1. The van der Waals surface area contributed by atoms with Crippen LogP contribution in [0.25, 0.3) is 10.6 Å². The molecule has 0 radical (unpaired) electrons. The van der Waals surface area contributed by atoms with Gasteiger partial charge in [-0.3, -0.25) is 14.4 Å². The van der Waals surface area contributed by atoms with Gasteiger partial charge in [-0.1, -0.05) is 30.3 Å². The zero-order chi connectivity index (χ0) is 29.3. The largest absolute Gasteiger partial charge is 0.465 e. The number of hydrogen-bond donors (Lipinski definition) is 2. The molecule has 1 atom stereocenters. The third-order valence-corrected chi connectivity index (χ3v) is 7.37. The first-order valence-corrected chi connectivity index (χ1v) is 14.1. The number of nitrogens with zero attached hydrogens (tertiary/aromatic N) is 3. The van der Waals surface area contributed by atoms with E-state index in [2.05, 4.69) is 10.3 Å². The van der Waals surface area contributed by atoms with Crippen LogP contribution in [0, 0.1) is 0 Å². The highest BCUT2D eigenvalue weighted by Gasteiger charge is 2.32. The number of ether oxygens (including phenoxy) is 2. The summed E-state index contributed by atoms with van der Waals surface area (Å²) in [6, 6.07) is 8.53. The molecule has 40 heavy (non-hydrogen) atoms. The van der Waals surface area contributed by atoms with E-state index in [4.69, 9.17) is 9.47 Å². The van der Waals surface area contributed by atoms with Gasteiger partial charge in [-0.05, 0) is 40.0 Å². The Morgan fingerprint density at radius 1 is 1.07 bits per heavy atom. The van der Waals surface area contributed by atoms with Crippen molar-refractivity contribution in [2.24, 2.45) is 0 Å². The predicted molar refractivity (Wildman–Crippen MR) is 150 cm³/mol. The molecule has 2 N–H and O–H groups in total. The van der Waals surface area contributed by atoms with Gasteiger partial charge in [0.25, 0.3) is 5.91 Å². The van der Waals surface area contributed by atoms with E-state index in [-0.39, 0.29) is 50.6 Å². The van der Waals surface area contributed by atoms with Crippen molar-refractivity contribution >= 4 is 35.2 Å². The Hall–Kier alpha value is -3.51. The molecule has 1 aromatic carbocycles. The molecule has 1 aliphatic rings. The highest BCUT2D eigenvalue weighted by molar-refractivity contribution is 7.15. The Kier molecular flexibility index (Phi) is 11.0. The van der Waals surface area contributed by atoms with Gasteiger partial charge in [-0.25, -0.2) is 9.78 Å². The Labute approximate surface area is 238 Å². The van der Waals surface area contributed by atoms with Crippen molar-refractivity contribution in [1.29, 1.82) is 0 Å². The second-order valence-corrected chi connectivity index (χ2v) is 11.6. The van der Waals surface area contributed by atoms with Gasteiger partial charge in [0.2, 0.25) is 5.91 Å². The number of amides is 3. The lowest BCUT2D eigenvalue weighted by molar-refractivity contribution is -0.155. The lowest BCUT2D eigenvalue weighted by atomic mass is 10.1. The van der Waals surface area contributed by atoms with Crippen LogP contribution < -0.4 is 5.32 Å². The number of hydrogen-bond acceptors (Lipinski definition) is 8. The van der Waals surface area contributed by atoms with E-state index in [1.54, 1.807) is 27.9 Å². The molecule has 1 aromatic heterocycles. The molecule has 11 nitrogen and oxygen atoms in total. The molecule has 12 heteroatoms. The Bertz CT molecular complexity index is 1170. The highest BCUT2D eigenvalue weighted by Crippen LogP contribution is 2.29. The van der Waals surface area contributed by atoms with Gasteiger partial charge >= 0.3 is 12.1 Å². The van der Waals surface area contributed by atoms with Gasteiger partial charge in [0.1, 0.15) is 22.3 Å². The molecule has 3 amide bonds. The first kappa shape index (κ1) is 31.0. The number of carboxylic acid groups (broad SMARTS) is 1. The highest BCUT2D eigenvalue weighted by atomic mass is 32.1. The molecule has 0 aliphatic carbocycles. The third kappa shape index (κ3) is 9.02. The molecule has 2 heterocycles. The van der Waals surface area contributed by atoms with Crippen molar-refractivity contribution in [3.63, 3.8) is 0 Å². The summed E-state index contributed by atoms with van der Waals surface area (Å²) in [4.78, 5) is 59.0. The van der Waals surface area contributed by atoms with E-state index < -0.39 is 29.6 Å². The van der Waals surface area contributed by atoms with E-state index in [0.29, 0.717) is 24.5 Å². The Balaban J connectivity index is 1.82. The van der Waals surface area contributed by atoms with Crippen molar-refractivity contribution in [3.8, 4) is 10.6 Å². The summed E-state index contributed by atoms with van der Waals surface area (Å²) in [6.07, 6.45) is 0.195. The second-order valence-electron chi connectivity index (χ2n) is 10.5. The van der Waals surface area contributed by atoms with E-state index in [1.807, 2.05) is 30.3 Å². The van der Waals surface area contributed by atoms with Crippen LogP contribution in [-0.4, -0.2) is 95.3 Å². The summed E-state index contributed by atoms with van der Waals surface area (Å²) in [5, 5.41) is 12.8. The molecule has 1 aliphatic heterocycles. The van der Waals surface area contributed by atoms with E-state index in [0.717, 1.165) is 10.4 Å². The standard InChI is InChI=1S/C28H38N4O7S/c1-28(2,3)39-22(33)13-12-20(26(35)31-14-16-32(17-15-31)27(36)37)29-24(34)23-21(11-8-18-38-4)40-25(30-23)19-9-6-5-7-10-19/h5-7,9-10,20H,8,11-18H2,1-4H3,(H,29,34)(H,36,37)/t20-/m0/s1. The molecule has 0 bridgehead atoms. The summed E-state index contributed by atoms with van der Waals surface area (Å²) < 4.78 is 10.6. The fourth-order valence-corrected chi connectivity index (χ4v) is 5.36. The number of rotatable bonds is 11. The minimum atomic E-state index is -1.04. The topological polar surface area (TPSA) is 138 Å². The number of benzene rings is 1. The van der Waals surface area contributed by atoms with Gasteiger partial charge < -0.3 is 29.7 Å². The number of esters is 1. The van der Waals surface area contributed by atoms with Crippen LogP contribution in [0.2, 0.25) is 0 Å². The molecule has 1 saturated heterocycles. The van der Waals surface area contributed by atoms with Crippen molar-refractivity contribution in [2.45, 2.75) is 58.1 Å². The zero-order valence-corrected chi connectivity index (χ0v) is 24.3. The number of nitrogens with one attached hydrogen (secondary N) is 1. The van der Waals surface area contributed by atoms with Crippen molar-refractivity contribution < 1.29 is 33.8 Å². The summed E-state index contributed by atoms with van der Waals surface area (Å²) in [6.45, 7) is 6.54. The molecule has 0 saturated carbocycles. The van der Waals surface area contributed by atoms with Crippen LogP contribution in [0.15, 0.2) is 30.3 Å². The fraction of sp³-hybridized carbons (Fsp3) is 0.536. The number of aryl methyl sites for hydroxylation is 1. The number of thiazole rings is 1. The molecule has 0 spiro atoms. The predicted octanol–water partition coefficient (Wildman–Crippen LogP) is 3.43. The number of aromatic nitrogens is 1. The van der Waals surface area contributed by atoms with E-state index in [1.165, 1.54) is 21.1 Å². The lowest BCUT2D eigenvalue weighted by Gasteiger charge is -2.35. The zero-order valence-electron chi connectivity index (χ0n) is 23.5. The maximum atomic E-state index is 13.6. The molecule has 1 fully saturated rings. The van der Waals surface area contributed by atoms with Gasteiger partial charge in [-0.15, -0.1) is 11.3 Å². The number of methoxy groups -OCH3 is 1. The van der Waals surface area contributed by atoms with Gasteiger partial charge in [-0.2, -0.15) is 0 Å². The molecule has 2 aromatic rings. The molecular weight excluding hydrogens is 536 g/mol. The smallest absolute Gasteiger partial charge is 0.407 e. The first-order valence-electron chi connectivity index (χ1n) is 13.3. The van der Waals surface area contributed by atoms with Gasteiger partial charge in [0, 0.05) is 56.8 Å². The third-order valence-electron chi connectivity index (χ3n) is 6.21. The first-order chi connectivity index (χ1) is 19.0. The van der Waals surface area contributed by atoms with Crippen LogP contribution in [0.3, 0.4) is 0 Å². The minimum absolute atomic E-state index is 0.0350. The van der Waals surface area contributed by atoms with Crippen LogP contribution in [-0.2, 0) is 25.5 Å². The second kappa shape index (κ2) is 14.2. The molecule has 218 valence electrons. The normalized spacial score (nSPS) is 14.5. The summed E-state index contributed by atoms with van der Waals surface area (Å²) >= 11 is 1.42. The van der Waals surface area contributed by atoms with Crippen molar-refractivity contribution in [3.05, 3.63) is 40.9 Å². The van der Waals surface area contributed by atoms with Gasteiger partial charge in [0.05, 0.1) is 0 Å². The molecule has 3 rings (SSSR count). The monoisotopic (exact) mass is 574 g/mol. The average molecular weight is 575 g/mol. The SMILES string of the molecule is COCCCc1sc(-c2ccccc2)nc1C(=O)N[C@@H](CCC(=O)OC(C)(C)C)C(=O)N1CCN(C(=O)O)CC1. The van der Waals surface area contributed by atoms with Crippen LogP contribution in [0.5, 0.6) is 0 Å². The van der Waals surface area contributed by atoms with Gasteiger partial charge in [0.15, 0.2) is 0 Å². The number of carbonyl (C=O) groups is 4. The van der Waals surface area contributed by atoms with Crippen molar-refractivity contribution in [2.75, 3.05) is 39.9 Å². The van der Waals surface area contributed by atoms with Crippen LogP contribution >= 0.6 is 11.3 Å². The number of carbonyl (C=O) groups excluding carboxylic acids is 3. The minimum Gasteiger partial charge on any atom is -0.465 e. The van der Waals surface area contributed by atoms with Crippen LogP contribution in [0.4, 0.5) is 4.79 Å². The summed E-state index contributed by atoms with van der Waals surface area (Å²) in [5.74, 6) is -1.35. The fourth-order valence-electron chi connectivity index (χ4n) is 4.26. The summed E-state index contributed by atoms with van der Waals surface area (Å²) in [5.41, 5.74) is 0.442. The lowest BCUT2D eigenvalue weighted by Crippen LogP contribution is -2.55. The maximum absolute atomic E-state index is 13.6. The maximum Gasteiger partial charge on any atom is 0.407 e. The van der Waals surface area contributed by atoms with Crippen molar-refractivity contribution in [1.82, 2.24) is 20.1 Å². The van der Waals surface area contributed by atoms with Crippen LogP contribution in [0.1, 0.15) is 55.4 Å². The summed E-state index contributed by atoms with van der Waals surface area (Å²) in [7, 11) is 1.62. The quantitative estimate of drug-likeness (QED) is 0.308. The molecule has 0 unspecified atom stereocenters. The average Bonchev–Trinajstić information content (AvgIpc) is 3.34. The molecular formula is C28H38N4O7S. The van der Waals surface area contributed by atoms with E-state index in [9.17, 15) is 24.3 Å². The Morgan fingerprint density at radius 3 is 2.33 bits per heavy atom. The Morgan fingerprint density at radius 2 is 1.73 bits per heavy atom.